The lowest BCUT2D eigenvalue weighted by Gasteiger charge is -2.16. The Hall–Kier alpha value is 0.0300. The Morgan fingerprint density at radius 1 is 1.21 bits per heavy atom. The molecule has 0 aromatic heterocycles. The van der Waals surface area contributed by atoms with Crippen molar-refractivity contribution in [2.24, 2.45) is 0 Å². The summed E-state index contributed by atoms with van der Waals surface area (Å²) >= 11 is 17.9. The van der Waals surface area contributed by atoms with Crippen molar-refractivity contribution in [1.82, 2.24) is 0 Å². The monoisotopic (exact) mass is 470 g/mol. The second kappa shape index (κ2) is 6.66. The van der Waals surface area contributed by atoms with Gasteiger partial charge in [-0.05, 0) is 59.3 Å². The van der Waals surface area contributed by atoms with Crippen molar-refractivity contribution in [3.8, 4) is 5.75 Å². The Balaban J connectivity index is 2.23. The zero-order chi connectivity index (χ0) is 14.0. The maximum Gasteiger partial charge on any atom is 0.175 e. The highest BCUT2D eigenvalue weighted by Crippen LogP contribution is 2.36. The lowest BCUT2D eigenvalue weighted by atomic mass is 10.2. The molecule has 1 unspecified atom stereocenters. The van der Waals surface area contributed by atoms with Crippen molar-refractivity contribution in [1.29, 1.82) is 0 Å². The fourth-order valence-electron chi connectivity index (χ4n) is 1.57. The van der Waals surface area contributed by atoms with Crippen molar-refractivity contribution < 1.29 is 4.74 Å². The van der Waals surface area contributed by atoms with E-state index in [4.69, 9.17) is 27.9 Å². The fraction of sp³-hybridized carbons (Fsp3) is 0.143. The average molecular weight is 472 g/mol. The Bertz CT molecular complexity index is 604. The van der Waals surface area contributed by atoms with Crippen LogP contribution in [0.1, 0.15) is 15.2 Å². The number of benzene rings is 2. The van der Waals surface area contributed by atoms with E-state index in [9.17, 15) is 0 Å². The molecule has 0 aliphatic carbocycles. The van der Waals surface area contributed by atoms with E-state index in [1.165, 1.54) is 0 Å². The first-order valence-corrected chi connectivity index (χ1v) is 8.29. The van der Waals surface area contributed by atoms with Gasteiger partial charge in [-0.2, -0.15) is 0 Å². The molecule has 5 heteroatoms. The van der Waals surface area contributed by atoms with E-state index in [1.54, 1.807) is 6.07 Å². The van der Waals surface area contributed by atoms with Crippen molar-refractivity contribution in [3.05, 3.63) is 62.0 Å². The van der Waals surface area contributed by atoms with Crippen LogP contribution < -0.4 is 4.74 Å². The molecule has 0 aliphatic heterocycles. The van der Waals surface area contributed by atoms with Crippen LogP contribution in [0, 0.1) is 6.92 Å². The van der Waals surface area contributed by atoms with Crippen LogP contribution in [0.5, 0.6) is 5.75 Å². The van der Waals surface area contributed by atoms with Gasteiger partial charge in [0.05, 0.1) is 10.0 Å². The van der Waals surface area contributed by atoms with Crippen LogP contribution in [0.2, 0.25) is 10.0 Å². The van der Waals surface area contributed by atoms with Crippen LogP contribution >= 0.6 is 61.7 Å². The second-order valence-electron chi connectivity index (χ2n) is 3.99. The zero-order valence-electron chi connectivity index (χ0n) is 9.96. The van der Waals surface area contributed by atoms with E-state index in [0.717, 1.165) is 21.3 Å². The average Bonchev–Trinajstić information content (AvgIpc) is 2.37. The minimum atomic E-state index is -0.190. The third kappa shape index (κ3) is 3.78. The van der Waals surface area contributed by atoms with E-state index in [0.29, 0.717) is 10.0 Å². The Labute approximate surface area is 144 Å². The highest BCUT2D eigenvalue weighted by atomic mass is 127. The standard InChI is InChI=1S/C14H10BrCl2IO/c1-8-7-9(5-6-11(8)15)19-14(18)10-3-2-4-12(16)13(10)17/h2-7,14H,1H3. The summed E-state index contributed by atoms with van der Waals surface area (Å²) in [5.74, 6) is 0.802. The number of hydrogen-bond donors (Lipinski definition) is 0. The highest BCUT2D eigenvalue weighted by Gasteiger charge is 2.15. The Morgan fingerprint density at radius 3 is 2.63 bits per heavy atom. The number of aryl methyl sites for hydroxylation is 1. The van der Waals surface area contributed by atoms with E-state index in [2.05, 4.69) is 38.5 Å². The number of rotatable bonds is 3. The minimum Gasteiger partial charge on any atom is -0.475 e. The molecule has 0 N–H and O–H groups in total. The maximum atomic E-state index is 6.19. The predicted octanol–water partition coefficient (Wildman–Crippen LogP) is 6.58. The summed E-state index contributed by atoms with van der Waals surface area (Å²) in [6, 6.07) is 11.4. The van der Waals surface area contributed by atoms with Crippen molar-refractivity contribution in [2.75, 3.05) is 0 Å². The largest absolute Gasteiger partial charge is 0.475 e. The molecule has 1 atom stereocenters. The van der Waals surface area contributed by atoms with Crippen LogP contribution in [0.25, 0.3) is 0 Å². The van der Waals surface area contributed by atoms with Crippen molar-refractivity contribution in [2.45, 2.75) is 11.0 Å². The normalized spacial score (nSPS) is 12.3. The van der Waals surface area contributed by atoms with Gasteiger partial charge in [0.25, 0.3) is 0 Å². The number of halogens is 4. The van der Waals surface area contributed by atoms with Gasteiger partial charge in [-0.15, -0.1) is 0 Å². The van der Waals surface area contributed by atoms with Crippen LogP contribution in [0.15, 0.2) is 40.9 Å². The first kappa shape index (κ1) is 15.4. The Kier molecular flexibility index (Phi) is 5.40. The summed E-state index contributed by atoms with van der Waals surface area (Å²) in [6.07, 6.45) is 0. The molecule has 0 radical (unpaired) electrons. The van der Waals surface area contributed by atoms with Crippen LogP contribution in [-0.2, 0) is 0 Å². The highest BCUT2D eigenvalue weighted by molar-refractivity contribution is 14.1. The molecule has 2 aromatic rings. The molecule has 0 heterocycles. The van der Waals surface area contributed by atoms with Crippen LogP contribution in [0.4, 0.5) is 0 Å². The molecule has 0 saturated carbocycles. The summed E-state index contributed by atoms with van der Waals surface area (Å²) in [5, 5.41) is 1.08. The maximum absolute atomic E-state index is 6.19. The molecule has 0 amide bonds. The van der Waals surface area contributed by atoms with Gasteiger partial charge in [0, 0.05) is 10.0 Å². The van der Waals surface area contributed by atoms with Gasteiger partial charge in [-0.3, -0.25) is 0 Å². The summed E-state index contributed by atoms with van der Waals surface area (Å²) in [6.45, 7) is 2.02. The third-order valence-corrected chi connectivity index (χ3v) is 5.24. The number of hydrogen-bond acceptors (Lipinski definition) is 1. The summed E-state index contributed by atoms with van der Waals surface area (Å²) in [5.41, 5.74) is 1.99. The SMILES string of the molecule is Cc1cc(OC(I)c2cccc(Cl)c2Cl)ccc1Br. The van der Waals surface area contributed by atoms with Gasteiger partial charge in [0.1, 0.15) is 5.75 Å². The molecular formula is C14H10BrCl2IO. The fourth-order valence-corrected chi connectivity index (χ4v) is 3.22. The van der Waals surface area contributed by atoms with E-state index in [1.807, 2.05) is 37.3 Å². The van der Waals surface area contributed by atoms with Gasteiger partial charge >= 0.3 is 0 Å². The van der Waals surface area contributed by atoms with Gasteiger partial charge in [-0.25, -0.2) is 0 Å². The Morgan fingerprint density at radius 2 is 1.95 bits per heavy atom. The van der Waals surface area contributed by atoms with E-state index in [-0.39, 0.29) is 4.11 Å². The van der Waals surface area contributed by atoms with Crippen molar-refractivity contribution in [3.63, 3.8) is 0 Å². The number of ether oxygens (including phenoxy) is 1. The van der Waals surface area contributed by atoms with Crippen molar-refractivity contribution >= 4 is 61.7 Å². The molecule has 2 rings (SSSR count). The topological polar surface area (TPSA) is 9.23 Å². The molecule has 0 fully saturated rings. The van der Waals surface area contributed by atoms with Gasteiger partial charge in [0.2, 0.25) is 0 Å². The lowest BCUT2D eigenvalue weighted by Crippen LogP contribution is -2.01. The van der Waals surface area contributed by atoms with Crippen LogP contribution in [-0.4, -0.2) is 0 Å². The first-order chi connectivity index (χ1) is 8.99. The molecule has 2 aromatic carbocycles. The summed E-state index contributed by atoms with van der Waals surface area (Å²) in [7, 11) is 0. The molecule has 100 valence electrons. The molecular weight excluding hydrogens is 462 g/mol. The van der Waals surface area contributed by atoms with E-state index >= 15 is 0 Å². The first-order valence-electron chi connectivity index (χ1n) is 5.50. The number of alkyl halides is 1. The predicted molar refractivity (Wildman–Crippen MR) is 92.7 cm³/mol. The molecule has 0 saturated heterocycles. The second-order valence-corrected chi connectivity index (χ2v) is 6.76. The molecule has 0 spiro atoms. The minimum absolute atomic E-state index is 0.190. The van der Waals surface area contributed by atoms with Crippen LogP contribution in [0.3, 0.4) is 0 Å². The van der Waals surface area contributed by atoms with Gasteiger partial charge in [0.15, 0.2) is 4.11 Å². The van der Waals surface area contributed by atoms with Gasteiger partial charge in [-0.1, -0.05) is 51.3 Å². The molecule has 0 bridgehead atoms. The quantitative estimate of drug-likeness (QED) is 0.363. The third-order valence-electron chi connectivity index (χ3n) is 2.59. The lowest BCUT2D eigenvalue weighted by molar-refractivity contribution is 0.310. The molecule has 1 nitrogen and oxygen atoms in total. The summed E-state index contributed by atoms with van der Waals surface area (Å²) < 4.78 is 6.77. The van der Waals surface area contributed by atoms with Gasteiger partial charge < -0.3 is 4.74 Å². The smallest absolute Gasteiger partial charge is 0.175 e. The summed E-state index contributed by atoms with van der Waals surface area (Å²) in [4.78, 5) is 0. The molecule has 19 heavy (non-hydrogen) atoms. The molecule has 0 aliphatic rings. The zero-order valence-corrected chi connectivity index (χ0v) is 15.2. The van der Waals surface area contributed by atoms with E-state index < -0.39 is 0 Å².